The molecule has 164 valence electrons. The summed E-state index contributed by atoms with van der Waals surface area (Å²) in [7, 11) is 2.18. The van der Waals surface area contributed by atoms with E-state index in [0.29, 0.717) is 13.1 Å². The lowest BCUT2D eigenvalue weighted by Gasteiger charge is -2.49. The lowest BCUT2D eigenvalue weighted by atomic mass is 9.77. The fourth-order valence-electron chi connectivity index (χ4n) is 5.06. The minimum atomic E-state index is -0.706. The van der Waals surface area contributed by atoms with Crippen molar-refractivity contribution >= 4 is 17.3 Å². The molecule has 0 aromatic heterocycles. The molecule has 0 bridgehead atoms. The number of carboxylic acids is 1. The maximum atomic E-state index is 11.2. The van der Waals surface area contributed by atoms with E-state index in [1.165, 1.54) is 17.5 Å². The Labute approximate surface area is 184 Å². The average molecular weight is 421 g/mol. The summed E-state index contributed by atoms with van der Waals surface area (Å²) in [6.45, 7) is 8.80. The Hall–Kier alpha value is -2.69. The molecule has 2 aromatic carbocycles. The first-order chi connectivity index (χ1) is 14.7. The highest BCUT2D eigenvalue weighted by Crippen LogP contribution is 2.50. The van der Waals surface area contributed by atoms with Crippen LogP contribution >= 0.6 is 0 Å². The van der Waals surface area contributed by atoms with E-state index in [1.54, 1.807) is 0 Å². The van der Waals surface area contributed by atoms with Crippen molar-refractivity contribution in [2.45, 2.75) is 51.0 Å². The molecule has 5 rings (SSSR count). The number of fused-ring (bicyclic) bond motifs is 1. The zero-order chi connectivity index (χ0) is 22.0. The van der Waals surface area contributed by atoms with E-state index in [4.69, 9.17) is 4.74 Å². The van der Waals surface area contributed by atoms with Gasteiger partial charge in [-0.3, -0.25) is 4.79 Å². The van der Waals surface area contributed by atoms with Crippen LogP contribution in [0.15, 0.2) is 36.4 Å². The first-order valence-corrected chi connectivity index (χ1v) is 11.3. The molecule has 2 aromatic rings. The van der Waals surface area contributed by atoms with Gasteiger partial charge in [0.2, 0.25) is 0 Å². The van der Waals surface area contributed by atoms with Gasteiger partial charge in [0.1, 0.15) is 11.4 Å². The third-order valence-electron chi connectivity index (χ3n) is 7.19. The summed E-state index contributed by atoms with van der Waals surface area (Å²) in [5, 5.41) is 9.22. The van der Waals surface area contributed by atoms with Crippen molar-refractivity contribution in [3.63, 3.8) is 0 Å². The summed E-state index contributed by atoms with van der Waals surface area (Å²) in [6, 6.07) is 13.1. The zero-order valence-electron chi connectivity index (χ0n) is 18.9. The molecule has 2 aliphatic heterocycles. The molecule has 1 N–H and O–H groups in total. The SMILES string of the molecule is CN1CC2(CCC2)Oc2cc(C(C)(C)C)cc(-c3cccc(N4CC(C(=O)O)C4)c3)c21. The molecule has 5 nitrogen and oxygen atoms in total. The van der Waals surface area contributed by atoms with Crippen molar-refractivity contribution in [2.75, 3.05) is 36.5 Å². The summed E-state index contributed by atoms with van der Waals surface area (Å²) >= 11 is 0. The number of hydrogen-bond donors (Lipinski definition) is 1. The van der Waals surface area contributed by atoms with Crippen LogP contribution in [0.4, 0.5) is 11.4 Å². The van der Waals surface area contributed by atoms with Crippen LogP contribution in [-0.4, -0.2) is 43.4 Å². The van der Waals surface area contributed by atoms with Gasteiger partial charge >= 0.3 is 5.97 Å². The van der Waals surface area contributed by atoms with Gasteiger partial charge in [-0.2, -0.15) is 0 Å². The van der Waals surface area contributed by atoms with Gasteiger partial charge in [-0.1, -0.05) is 32.9 Å². The number of likely N-dealkylation sites (N-methyl/N-ethyl adjacent to an activating group) is 1. The third kappa shape index (κ3) is 3.44. The molecular weight excluding hydrogens is 388 g/mol. The predicted molar refractivity (Wildman–Crippen MR) is 124 cm³/mol. The summed E-state index contributed by atoms with van der Waals surface area (Å²) in [4.78, 5) is 15.7. The van der Waals surface area contributed by atoms with Gasteiger partial charge < -0.3 is 19.6 Å². The van der Waals surface area contributed by atoms with Gasteiger partial charge in [0.05, 0.1) is 18.2 Å². The average Bonchev–Trinajstić information content (AvgIpc) is 2.63. The largest absolute Gasteiger partial charge is 0.483 e. The second-order valence-corrected chi connectivity index (χ2v) is 10.6. The van der Waals surface area contributed by atoms with Gasteiger partial charge in [-0.25, -0.2) is 0 Å². The van der Waals surface area contributed by atoms with Crippen LogP contribution in [-0.2, 0) is 10.2 Å². The minimum absolute atomic E-state index is 0.0136. The number of carboxylic acid groups (broad SMARTS) is 1. The van der Waals surface area contributed by atoms with Crippen LogP contribution in [0.5, 0.6) is 5.75 Å². The van der Waals surface area contributed by atoms with Crippen LogP contribution in [0, 0.1) is 5.92 Å². The molecule has 0 amide bonds. The standard InChI is InChI=1S/C26H32N2O3/c1-25(2,3)19-12-21(23-22(13-19)31-26(9-6-10-26)16-27(23)4)17-7-5-8-20(11-17)28-14-18(15-28)24(29)30/h5,7-8,11-13,18H,6,9-10,14-16H2,1-4H3,(H,29,30). The zero-order valence-corrected chi connectivity index (χ0v) is 18.9. The van der Waals surface area contributed by atoms with Gasteiger partial charge in [-0.15, -0.1) is 0 Å². The van der Waals surface area contributed by atoms with Gasteiger partial charge in [0.25, 0.3) is 0 Å². The summed E-state index contributed by atoms with van der Waals surface area (Å²) in [5.41, 5.74) is 5.84. The Bertz CT molecular complexity index is 1030. The molecule has 0 radical (unpaired) electrons. The molecule has 2 fully saturated rings. The van der Waals surface area contributed by atoms with E-state index in [1.807, 2.05) is 0 Å². The summed E-state index contributed by atoms with van der Waals surface area (Å²) < 4.78 is 6.66. The number of carbonyl (C=O) groups is 1. The molecule has 1 spiro atoms. The minimum Gasteiger partial charge on any atom is -0.483 e. The predicted octanol–water partition coefficient (Wildman–Crippen LogP) is 4.92. The number of rotatable bonds is 3. The van der Waals surface area contributed by atoms with E-state index in [0.717, 1.165) is 42.1 Å². The molecule has 1 aliphatic carbocycles. The van der Waals surface area contributed by atoms with Crippen LogP contribution in [0.2, 0.25) is 0 Å². The van der Waals surface area contributed by atoms with Crippen molar-refractivity contribution < 1.29 is 14.6 Å². The van der Waals surface area contributed by atoms with E-state index in [9.17, 15) is 9.90 Å². The molecule has 1 saturated heterocycles. The van der Waals surface area contributed by atoms with E-state index in [2.05, 4.69) is 74.0 Å². The number of nitrogens with zero attached hydrogens (tertiary/aromatic N) is 2. The highest BCUT2D eigenvalue weighted by molar-refractivity contribution is 5.86. The van der Waals surface area contributed by atoms with Crippen LogP contribution in [0.1, 0.15) is 45.6 Å². The maximum absolute atomic E-state index is 11.2. The van der Waals surface area contributed by atoms with Crippen molar-refractivity contribution in [1.82, 2.24) is 0 Å². The number of ether oxygens (including phenoxy) is 1. The second-order valence-electron chi connectivity index (χ2n) is 10.6. The number of aliphatic carboxylic acids is 1. The molecular formula is C26H32N2O3. The molecule has 31 heavy (non-hydrogen) atoms. The number of hydrogen-bond acceptors (Lipinski definition) is 4. The van der Waals surface area contributed by atoms with E-state index >= 15 is 0 Å². The maximum Gasteiger partial charge on any atom is 0.310 e. The topological polar surface area (TPSA) is 53.0 Å². The lowest BCUT2D eigenvalue weighted by Crippen LogP contribution is -2.54. The van der Waals surface area contributed by atoms with Gasteiger partial charge in [-0.05, 0) is 60.1 Å². The summed E-state index contributed by atoms with van der Waals surface area (Å²) in [6.07, 6.45) is 3.49. The molecule has 1 saturated carbocycles. The first kappa shape index (κ1) is 20.2. The monoisotopic (exact) mass is 420 g/mol. The third-order valence-corrected chi connectivity index (χ3v) is 7.19. The Balaban J connectivity index is 1.57. The molecule has 0 atom stereocenters. The van der Waals surface area contributed by atoms with Crippen molar-refractivity contribution in [1.29, 1.82) is 0 Å². The Morgan fingerprint density at radius 1 is 1.16 bits per heavy atom. The molecule has 0 unspecified atom stereocenters. The fraction of sp³-hybridized carbons (Fsp3) is 0.500. The fourth-order valence-corrected chi connectivity index (χ4v) is 5.06. The quantitative estimate of drug-likeness (QED) is 0.764. The van der Waals surface area contributed by atoms with Gasteiger partial charge in [0.15, 0.2) is 0 Å². The molecule has 5 heteroatoms. The van der Waals surface area contributed by atoms with Gasteiger partial charge in [0, 0.05) is 31.4 Å². The number of anilines is 2. The van der Waals surface area contributed by atoms with E-state index in [-0.39, 0.29) is 16.9 Å². The molecule has 3 aliphatic rings. The molecule has 2 heterocycles. The van der Waals surface area contributed by atoms with E-state index < -0.39 is 5.97 Å². The Morgan fingerprint density at radius 2 is 1.90 bits per heavy atom. The van der Waals surface area contributed by atoms with Crippen molar-refractivity contribution in [2.24, 2.45) is 5.92 Å². The highest BCUT2D eigenvalue weighted by Gasteiger charge is 2.45. The highest BCUT2D eigenvalue weighted by atomic mass is 16.5. The Morgan fingerprint density at radius 3 is 2.52 bits per heavy atom. The summed E-state index contributed by atoms with van der Waals surface area (Å²) in [5.74, 6) is 0.0260. The number of benzene rings is 2. The lowest BCUT2D eigenvalue weighted by molar-refractivity contribution is -0.142. The van der Waals surface area contributed by atoms with Crippen molar-refractivity contribution in [3.8, 4) is 16.9 Å². The van der Waals surface area contributed by atoms with Crippen LogP contribution in [0.3, 0.4) is 0 Å². The smallest absolute Gasteiger partial charge is 0.310 e. The van der Waals surface area contributed by atoms with Crippen LogP contribution < -0.4 is 14.5 Å². The normalized spacial score (nSPS) is 20.0. The first-order valence-electron chi connectivity index (χ1n) is 11.3. The second kappa shape index (κ2) is 6.91. The Kier molecular flexibility index (Phi) is 4.51. The van der Waals surface area contributed by atoms with Crippen LogP contribution in [0.25, 0.3) is 11.1 Å². The van der Waals surface area contributed by atoms with Crippen molar-refractivity contribution in [3.05, 3.63) is 42.0 Å².